The first kappa shape index (κ1) is 35.5. The molecule has 0 aliphatic heterocycles. The molecule has 6 heteroatoms. The smallest absolute Gasteiger partial charge is 0.407 e. The Kier molecular flexibility index (Phi) is 11.1. The molecule has 52 heavy (non-hydrogen) atoms. The minimum absolute atomic E-state index is 0.0565. The Hall–Kier alpha value is -4.87. The number of carbonyl (C=O) groups is 2. The number of esters is 1. The van der Waals surface area contributed by atoms with Crippen LogP contribution in [0.1, 0.15) is 104 Å². The first-order valence-corrected chi connectivity index (χ1v) is 19.1. The monoisotopic (exact) mass is 711 g/mol. The van der Waals surface area contributed by atoms with E-state index < -0.39 is 23.7 Å². The predicted octanol–water partition coefficient (Wildman–Crippen LogP) is 11.3. The van der Waals surface area contributed by atoms with Crippen LogP contribution in [0.25, 0.3) is 11.1 Å². The fraction of sp³-hybridized carbons (Fsp3) is 0.304. The minimum Gasteiger partial charge on any atom is -0.449 e. The summed E-state index contributed by atoms with van der Waals surface area (Å²) in [4.78, 5) is 27.2. The average Bonchev–Trinajstić information content (AvgIpc) is 3.47. The molecule has 2 atom stereocenters. The van der Waals surface area contributed by atoms with Crippen molar-refractivity contribution in [1.29, 1.82) is 0 Å². The van der Waals surface area contributed by atoms with Gasteiger partial charge in [0.2, 0.25) is 0 Å². The van der Waals surface area contributed by atoms with Gasteiger partial charge in [-0.15, -0.1) is 0 Å². The number of rotatable bonds is 10. The van der Waals surface area contributed by atoms with E-state index in [1.54, 1.807) is 6.92 Å². The topological polar surface area (TPSA) is 64.6 Å². The lowest BCUT2D eigenvalue weighted by Crippen LogP contribution is -2.39. The summed E-state index contributed by atoms with van der Waals surface area (Å²) in [6, 6.07) is 41.8. The van der Waals surface area contributed by atoms with Gasteiger partial charge in [-0.3, -0.25) is 4.79 Å². The molecule has 0 spiro atoms. The normalized spacial score (nSPS) is 16.3. The zero-order chi connectivity index (χ0) is 35.9. The predicted molar refractivity (Wildman–Crippen MR) is 208 cm³/mol. The van der Waals surface area contributed by atoms with E-state index in [0.29, 0.717) is 16.5 Å². The molecule has 0 heterocycles. The van der Waals surface area contributed by atoms with E-state index in [0.717, 1.165) is 33.4 Å². The standard InChI is InChI=1S/C46H46ClNO4/c1-32(48-45(50)51-31-41-39-22-12-10-20-37(39)38-21-11-13-23-40(38)41)30-44(49)52-46(35-18-8-5-9-19-35,42-24-14-15-25-43(42)47)36-28-26-34(27-29-36)33-16-6-3-2-4-7-17-33/h5,8-15,18-29,32-33,41H,2-4,6-7,16-17,30-31H2,1H3,(H,48,50). The summed E-state index contributed by atoms with van der Waals surface area (Å²) in [6.45, 7) is 1.98. The average molecular weight is 712 g/mol. The second kappa shape index (κ2) is 16.2. The van der Waals surface area contributed by atoms with Gasteiger partial charge in [-0.1, -0.05) is 165 Å². The molecule has 1 fully saturated rings. The van der Waals surface area contributed by atoms with Crippen LogP contribution in [0.2, 0.25) is 5.02 Å². The van der Waals surface area contributed by atoms with Gasteiger partial charge in [-0.25, -0.2) is 4.79 Å². The maximum Gasteiger partial charge on any atom is 0.407 e. The number of benzene rings is 5. The summed E-state index contributed by atoms with van der Waals surface area (Å²) in [5, 5.41) is 3.36. The molecule has 1 amide bonds. The Morgan fingerprint density at radius 2 is 1.27 bits per heavy atom. The quantitative estimate of drug-likeness (QED) is 0.116. The number of hydrogen-bond acceptors (Lipinski definition) is 4. The van der Waals surface area contributed by atoms with Crippen LogP contribution in [-0.2, 0) is 19.9 Å². The van der Waals surface area contributed by atoms with Gasteiger partial charge in [0.1, 0.15) is 6.61 Å². The fourth-order valence-corrected chi connectivity index (χ4v) is 8.47. The number of carbonyl (C=O) groups excluding carboxylic acids is 2. The largest absolute Gasteiger partial charge is 0.449 e. The van der Waals surface area contributed by atoms with Gasteiger partial charge >= 0.3 is 12.1 Å². The number of hydrogen-bond donors (Lipinski definition) is 1. The first-order chi connectivity index (χ1) is 25.4. The number of ether oxygens (including phenoxy) is 2. The molecule has 1 saturated carbocycles. The summed E-state index contributed by atoms with van der Waals surface area (Å²) in [7, 11) is 0. The van der Waals surface area contributed by atoms with Crippen LogP contribution in [-0.4, -0.2) is 24.7 Å². The highest BCUT2D eigenvalue weighted by Gasteiger charge is 2.42. The van der Waals surface area contributed by atoms with Crippen molar-refractivity contribution in [1.82, 2.24) is 5.32 Å². The lowest BCUT2D eigenvalue weighted by molar-refractivity contribution is -0.154. The maximum absolute atomic E-state index is 14.1. The van der Waals surface area contributed by atoms with Crippen LogP contribution < -0.4 is 5.32 Å². The molecule has 5 aromatic rings. The van der Waals surface area contributed by atoms with Crippen LogP contribution in [0.4, 0.5) is 4.79 Å². The second-order valence-corrected chi connectivity index (χ2v) is 14.6. The maximum atomic E-state index is 14.1. The van der Waals surface area contributed by atoms with E-state index in [-0.39, 0.29) is 18.9 Å². The highest BCUT2D eigenvalue weighted by atomic mass is 35.5. The highest BCUT2D eigenvalue weighted by molar-refractivity contribution is 6.31. The Bertz CT molecular complexity index is 1940. The molecule has 1 N–H and O–H groups in total. The molecule has 2 aliphatic rings. The summed E-state index contributed by atoms with van der Waals surface area (Å²) < 4.78 is 12.4. The molecule has 7 rings (SSSR count). The van der Waals surface area contributed by atoms with Crippen molar-refractivity contribution in [2.75, 3.05) is 6.61 Å². The van der Waals surface area contributed by atoms with Crippen molar-refractivity contribution in [3.8, 4) is 11.1 Å². The van der Waals surface area contributed by atoms with Crippen molar-refractivity contribution in [3.63, 3.8) is 0 Å². The molecule has 0 bridgehead atoms. The molecule has 5 aromatic carbocycles. The lowest BCUT2D eigenvalue weighted by Gasteiger charge is -2.36. The van der Waals surface area contributed by atoms with E-state index in [9.17, 15) is 9.59 Å². The lowest BCUT2D eigenvalue weighted by atomic mass is 9.78. The van der Waals surface area contributed by atoms with E-state index in [1.165, 1.54) is 50.5 Å². The van der Waals surface area contributed by atoms with Gasteiger partial charge in [0.05, 0.1) is 6.42 Å². The number of nitrogens with one attached hydrogen (secondary N) is 1. The van der Waals surface area contributed by atoms with Crippen molar-refractivity contribution in [2.45, 2.75) is 81.8 Å². The van der Waals surface area contributed by atoms with Gasteiger partial charge in [0.15, 0.2) is 5.60 Å². The van der Waals surface area contributed by atoms with Gasteiger partial charge in [-0.05, 0) is 59.6 Å². The molecule has 0 saturated heterocycles. The number of alkyl carbamates (subject to hydrolysis) is 1. The van der Waals surface area contributed by atoms with E-state index in [1.807, 2.05) is 78.9 Å². The van der Waals surface area contributed by atoms with Crippen molar-refractivity contribution in [3.05, 3.63) is 166 Å². The van der Waals surface area contributed by atoms with Crippen LogP contribution in [0, 0.1) is 0 Å². The summed E-state index contributed by atoms with van der Waals surface area (Å²) in [6.07, 6.45) is 8.16. The zero-order valence-corrected chi connectivity index (χ0v) is 30.5. The van der Waals surface area contributed by atoms with Crippen LogP contribution in [0.15, 0.2) is 127 Å². The third-order valence-electron chi connectivity index (χ3n) is 10.8. The van der Waals surface area contributed by atoms with Gasteiger partial charge in [0, 0.05) is 33.7 Å². The Balaban J connectivity index is 1.10. The van der Waals surface area contributed by atoms with Crippen LogP contribution in [0.3, 0.4) is 0 Å². The fourth-order valence-electron chi connectivity index (χ4n) is 8.20. The second-order valence-electron chi connectivity index (χ2n) is 14.2. The zero-order valence-electron chi connectivity index (χ0n) is 29.7. The van der Waals surface area contributed by atoms with Gasteiger partial charge < -0.3 is 14.8 Å². The molecule has 0 radical (unpaired) electrons. The number of fused-ring (bicyclic) bond motifs is 3. The molecule has 2 aliphatic carbocycles. The third-order valence-corrected chi connectivity index (χ3v) is 11.1. The highest BCUT2D eigenvalue weighted by Crippen LogP contribution is 2.46. The third kappa shape index (κ3) is 7.52. The Labute approximate surface area is 312 Å². The Morgan fingerprint density at radius 1 is 0.712 bits per heavy atom. The molecule has 266 valence electrons. The first-order valence-electron chi connectivity index (χ1n) is 18.7. The molecular weight excluding hydrogens is 666 g/mol. The van der Waals surface area contributed by atoms with Gasteiger partial charge in [-0.2, -0.15) is 0 Å². The summed E-state index contributed by atoms with van der Waals surface area (Å²) >= 11 is 6.94. The van der Waals surface area contributed by atoms with E-state index in [2.05, 4.69) is 53.8 Å². The molecule has 0 aromatic heterocycles. The molecule has 2 unspecified atom stereocenters. The SMILES string of the molecule is CC(CC(=O)OC(c1ccccc1)(c1ccc(C2CCCCCCC2)cc1)c1ccccc1Cl)NC(=O)OCC1c2ccccc2-c2ccccc21. The van der Waals surface area contributed by atoms with Gasteiger partial charge in [0.25, 0.3) is 0 Å². The van der Waals surface area contributed by atoms with E-state index >= 15 is 0 Å². The Morgan fingerprint density at radius 3 is 1.92 bits per heavy atom. The summed E-state index contributed by atoms with van der Waals surface area (Å²) in [5.74, 6) is -0.00790. The molecule has 5 nitrogen and oxygen atoms in total. The van der Waals surface area contributed by atoms with Crippen LogP contribution in [0.5, 0.6) is 0 Å². The molecular formula is C46H46ClNO4. The van der Waals surface area contributed by atoms with Crippen LogP contribution >= 0.6 is 11.6 Å². The number of amides is 1. The van der Waals surface area contributed by atoms with Crippen molar-refractivity contribution < 1.29 is 19.1 Å². The number of halogens is 1. The van der Waals surface area contributed by atoms with Crippen molar-refractivity contribution >= 4 is 23.7 Å². The summed E-state index contributed by atoms with van der Waals surface area (Å²) in [5.41, 5.74) is 6.88. The minimum atomic E-state index is -1.32. The van der Waals surface area contributed by atoms with E-state index in [4.69, 9.17) is 21.1 Å². The van der Waals surface area contributed by atoms with Crippen molar-refractivity contribution in [2.24, 2.45) is 0 Å².